The number of aryl methyl sites for hydroxylation is 1. The van der Waals surface area contributed by atoms with E-state index in [1.54, 1.807) is 0 Å². The van der Waals surface area contributed by atoms with Crippen molar-refractivity contribution in [2.45, 2.75) is 71.4 Å². The average molecular weight is 292 g/mol. The van der Waals surface area contributed by atoms with Crippen molar-refractivity contribution in [1.29, 1.82) is 0 Å². The zero-order valence-electron chi connectivity index (χ0n) is 13.4. The molecule has 5 nitrogen and oxygen atoms in total. The number of anilines is 2. The molecule has 3 N–H and O–H groups in total. The average Bonchev–Trinajstić information content (AvgIpc) is 2.50. The van der Waals surface area contributed by atoms with Crippen molar-refractivity contribution < 1.29 is 5.11 Å². The van der Waals surface area contributed by atoms with E-state index in [0.717, 1.165) is 68.1 Å². The van der Waals surface area contributed by atoms with E-state index in [2.05, 4.69) is 41.4 Å². The molecular weight excluding hydrogens is 264 g/mol. The summed E-state index contributed by atoms with van der Waals surface area (Å²) in [7, 11) is 0. The topological polar surface area (TPSA) is 70.1 Å². The highest BCUT2D eigenvalue weighted by Gasteiger charge is 2.21. The van der Waals surface area contributed by atoms with Gasteiger partial charge < -0.3 is 15.7 Å². The van der Waals surface area contributed by atoms with E-state index < -0.39 is 0 Å². The molecule has 0 amide bonds. The van der Waals surface area contributed by atoms with E-state index >= 15 is 0 Å². The van der Waals surface area contributed by atoms with Gasteiger partial charge in [0.15, 0.2) is 0 Å². The summed E-state index contributed by atoms with van der Waals surface area (Å²) in [5.41, 5.74) is 1.09. The third-order valence-corrected chi connectivity index (χ3v) is 4.09. The van der Waals surface area contributed by atoms with E-state index in [4.69, 9.17) is 0 Å². The molecule has 2 rings (SSSR count). The number of aromatic nitrogens is 2. The SMILES string of the molecule is CCCNc1nc(CC)nc(NC2CCC(O)CC2)c1C. The Morgan fingerprint density at radius 2 is 1.76 bits per heavy atom. The Bertz CT molecular complexity index is 456. The molecule has 1 aromatic heterocycles. The second-order valence-electron chi connectivity index (χ2n) is 5.89. The van der Waals surface area contributed by atoms with Crippen molar-refractivity contribution in [3.63, 3.8) is 0 Å². The van der Waals surface area contributed by atoms with Gasteiger partial charge in [-0.15, -0.1) is 0 Å². The Balaban J connectivity index is 2.13. The van der Waals surface area contributed by atoms with Crippen LogP contribution in [0, 0.1) is 6.92 Å². The summed E-state index contributed by atoms with van der Waals surface area (Å²) in [6, 6.07) is 0.408. The Kier molecular flexibility index (Phi) is 5.79. The minimum atomic E-state index is -0.123. The number of hydrogen-bond donors (Lipinski definition) is 3. The molecule has 21 heavy (non-hydrogen) atoms. The van der Waals surface area contributed by atoms with Crippen LogP contribution in [-0.2, 0) is 6.42 Å². The molecule has 1 aromatic rings. The van der Waals surface area contributed by atoms with Crippen LogP contribution in [0.2, 0.25) is 0 Å². The zero-order chi connectivity index (χ0) is 15.2. The first kappa shape index (κ1) is 16.0. The number of nitrogens with zero attached hydrogens (tertiary/aromatic N) is 2. The van der Waals surface area contributed by atoms with Gasteiger partial charge in [-0.2, -0.15) is 0 Å². The first-order valence-electron chi connectivity index (χ1n) is 8.20. The van der Waals surface area contributed by atoms with Gasteiger partial charge in [-0.05, 0) is 39.0 Å². The molecule has 1 aliphatic carbocycles. The Morgan fingerprint density at radius 1 is 1.10 bits per heavy atom. The predicted octanol–water partition coefficient (Wildman–Crippen LogP) is 2.88. The lowest BCUT2D eigenvalue weighted by atomic mass is 9.93. The molecule has 1 heterocycles. The van der Waals surface area contributed by atoms with Crippen LogP contribution in [0.4, 0.5) is 11.6 Å². The lowest BCUT2D eigenvalue weighted by Gasteiger charge is -2.27. The number of rotatable bonds is 6. The second-order valence-corrected chi connectivity index (χ2v) is 5.89. The monoisotopic (exact) mass is 292 g/mol. The summed E-state index contributed by atoms with van der Waals surface area (Å²) in [5.74, 6) is 2.77. The Labute approximate surface area is 127 Å². The molecule has 0 unspecified atom stereocenters. The zero-order valence-corrected chi connectivity index (χ0v) is 13.4. The Morgan fingerprint density at radius 3 is 2.38 bits per heavy atom. The largest absolute Gasteiger partial charge is 0.393 e. The highest BCUT2D eigenvalue weighted by atomic mass is 16.3. The van der Waals surface area contributed by atoms with Crippen molar-refractivity contribution in [3.05, 3.63) is 11.4 Å². The molecule has 1 saturated carbocycles. The summed E-state index contributed by atoms with van der Waals surface area (Å²) >= 11 is 0. The molecule has 0 atom stereocenters. The second kappa shape index (κ2) is 7.59. The van der Waals surface area contributed by atoms with Gasteiger partial charge in [0, 0.05) is 24.6 Å². The summed E-state index contributed by atoms with van der Waals surface area (Å²) in [4.78, 5) is 9.24. The molecule has 118 valence electrons. The first-order chi connectivity index (χ1) is 10.1. The van der Waals surface area contributed by atoms with Gasteiger partial charge in [-0.25, -0.2) is 9.97 Å². The summed E-state index contributed by atoms with van der Waals surface area (Å²) < 4.78 is 0. The van der Waals surface area contributed by atoms with Crippen LogP contribution in [0.3, 0.4) is 0 Å². The molecular formula is C16H28N4O. The van der Waals surface area contributed by atoms with Crippen LogP contribution in [0.15, 0.2) is 0 Å². The summed E-state index contributed by atoms with van der Waals surface area (Å²) in [6.45, 7) is 7.22. The molecule has 1 fully saturated rings. The predicted molar refractivity (Wildman–Crippen MR) is 86.8 cm³/mol. The van der Waals surface area contributed by atoms with E-state index in [9.17, 15) is 5.11 Å². The number of nitrogens with one attached hydrogen (secondary N) is 2. The van der Waals surface area contributed by atoms with Crippen molar-refractivity contribution in [2.24, 2.45) is 0 Å². The number of hydrogen-bond acceptors (Lipinski definition) is 5. The van der Waals surface area contributed by atoms with Gasteiger partial charge in [-0.1, -0.05) is 13.8 Å². The van der Waals surface area contributed by atoms with Crippen molar-refractivity contribution >= 4 is 11.6 Å². The fourth-order valence-corrected chi connectivity index (χ4v) is 2.69. The smallest absolute Gasteiger partial charge is 0.134 e. The first-order valence-corrected chi connectivity index (χ1v) is 8.20. The van der Waals surface area contributed by atoms with Gasteiger partial charge in [0.1, 0.15) is 17.5 Å². The van der Waals surface area contributed by atoms with Crippen LogP contribution < -0.4 is 10.6 Å². The van der Waals surface area contributed by atoms with E-state index in [1.807, 2.05) is 0 Å². The molecule has 0 aliphatic heterocycles. The quantitative estimate of drug-likeness (QED) is 0.752. The van der Waals surface area contributed by atoms with Gasteiger partial charge in [0.2, 0.25) is 0 Å². The van der Waals surface area contributed by atoms with Gasteiger partial charge in [0.25, 0.3) is 0 Å². The maximum Gasteiger partial charge on any atom is 0.134 e. The van der Waals surface area contributed by atoms with Crippen molar-refractivity contribution in [2.75, 3.05) is 17.2 Å². The van der Waals surface area contributed by atoms with E-state index in [-0.39, 0.29) is 6.10 Å². The minimum absolute atomic E-state index is 0.123. The third kappa shape index (κ3) is 4.30. The van der Waals surface area contributed by atoms with E-state index in [1.165, 1.54) is 0 Å². The molecule has 0 saturated heterocycles. The normalized spacial score (nSPS) is 22.1. The lowest BCUT2D eigenvalue weighted by Crippen LogP contribution is -2.29. The molecule has 0 radical (unpaired) electrons. The highest BCUT2D eigenvalue weighted by Crippen LogP contribution is 2.25. The molecule has 0 aromatic carbocycles. The standard InChI is InChI=1S/C16H28N4O/c1-4-10-17-15-11(3)16(20-14(5-2)19-15)18-12-6-8-13(21)9-7-12/h12-13,21H,4-10H2,1-3H3,(H2,17,18,19,20). The van der Waals surface area contributed by atoms with Crippen LogP contribution >= 0.6 is 0 Å². The summed E-state index contributed by atoms with van der Waals surface area (Å²) in [6.07, 6.45) is 5.55. The van der Waals surface area contributed by atoms with Gasteiger partial charge >= 0.3 is 0 Å². The van der Waals surface area contributed by atoms with Crippen molar-refractivity contribution in [1.82, 2.24) is 9.97 Å². The minimum Gasteiger partial charge on any atom is -0.393 e. The summed E-state index contributed by atoms with van der Waals surface area (Å²) in [5, 5.41) is 16.6. The molecule has 1 aliphatic rings. The molecule has 0 bridgehead atoms. The van der Waals surface area contributed by atoms with E-state index in [0.29, 0.717) is 6.04 Å². The maximum atomic E-state index is 9.61. The van der Waals surface area contributed by atoms with Crippen LogP contribution in [0.25, 0.3) is 0 Å². The van der Waals surface area contributed by atoms with Crippen LogP contribution in [0.5, 0.6) is 0 Å². The fraction of sp³-hybridized carbons (Fsp3) is 0.750. The van der Waals surface area contributed by atoms with Crippen molar-refractivity contribution in [3.8, 4) is 0 Å². The van der Waals surface area contributed by atoms with Gasteiger partial charge in [0.05, 0.1) is 6.10 Å². The Hall–Kier alpha value is -1.36. The number of aliphatic hydroxyl groups excluding tert-OH is 1. The van der Waals surface area contributed by atoms with Crippen LogP contribution in [-0.4, -0.2) is 33.8 Å². The van der Waals surface area contributed by atoms with Gasteiger partial charge in [-0.3, -0.25) is 0 Å². The fourth-order valence-electron chi connectivity index (χ4n) is 2.69. The number of aliphatic hydroxyl groups is 1. The molecule has 0 spiro atoms. The molecule has 5 heteroatoms. The lowest BCUT2D eigenvalue weighted by molar-refractivity contribution is 0.126. The highest BCUT2D eigenvalue weighted by molar-refractivity contribution is 5.57. The third-order valence-electron chi connectivity index (χ3n) is 4.09. The van der Waals surface area contributed by atoms with Crippen LogP contribution in [0.1, 0.15) is 57.3 Å². The maximum absolute atomic E-state index is 9.61.